The molecule has 1 amide bonds. The number of fused-ring (bicyclic) bond motifs is 1. The summed E-state index contributed by atoms with van der Waals surface area (Å²) in [5, 5.41) is 2.85. The molecule has 0 bridgehead atoms. The number of benzene rings is 1. The molecular weight excluding hydrogens is 214 g/mol. The molecular formula is C14H15NO2. The molecule has 3 nitrogen and oxygen atoms in total. The number of aryl methyl sites for hydroxylation is 1. The standard InChI is InChI=1S/C14H15NO2/c1-2-3-4-9-17-12-7-5-11-6-8-14(16)15-13(11)10-12/h1,5,7,10H,3-4,6,8-9H2,(H,15,16). The van der Waals surface area contributed by atoms with Crippen LogP contribution in [0.1, 0.15) is 24.8 Å². The van der Waals surface area contributed by atoms with E-state index in [0.29, 0.717) is 13.0 Å². The molecule has 17 heavy (non-hydrogen) atoms. The lowest BCUT2D eigenvalue weighted by atomic mass is 10.0. The molecule has 1 aliphatic rings. The molecule has 3 heteroatoms. The first-order valence-corrected chi connectivity index (χ1v) is 5.78. The maximum atomic E-state index is 11.3. The van der Waals surface area contributed by atoms with Gasteiger partial charge in [-0.15, -0.1) is 12.3 Å². The van der Waals surface area contributed by atoms with Crippen molar-refractivity contribution < 1.29 is 9.53 Å². The summed E-state index contributed by atoms with van der Waals surface area (Å²) in [6.45, 7) is 0.608. The molecule has 1 heterocycles. The maximum Gasteiger partial charge on any atom is 0.224 e. The number of ether oxygens (including phenoxy) is 1. The van der Waals surface area contributed by atoms with E-state index in [0.717, 1.165) is 30.7 Å². The Bertz CT molecular complexity index is 460. The highest BCUT2D eigenvalue weighted by Gasteiger charge is 2.14. The molecule has 0 atom stereocenters. The summed E-state index contributed by atoms with van der Waals surface area (Å²) < 4.78 is 5.56. The number of carbonyl (C=O) groups excluding carboxylic acids is 1. The molecule has 1 aliphatic heterocycles. The summed E-state index contributed by atoms with van der Waals surface area (Å²) in [4.78, 5) is 11.3. The van der Waals surface area contributed by atoms with E-state index in [9.17, 15) is 4.79 Å². The average Bonchev–Trinajstić information content (AvgIpc) is 2.34. The molecule has 0 fully saturated rings. The molecule has 0 aromatic heterocycles. The van der Waals surface area contributed by atoms with Crippen molar-refractivity contribution in [3.05, 3.63) is 23.8 Å². The molecule has 0 saturated heterocycles. The van der Waals surface area contributed by atoms with Crippen LogP contribution in [0.25, 0.3) is 0 Å². The van der Waals surface area contributed by atoms with Crippen molar-refractivity contribution >= 4 is 11.6 Å². The van der Waals surface area contributed by atoms with Crippen LogP contribution in [0.4, 0.5) is 5.69 Å². The van der Waals surface area contributed by atoms with Crippen molar-refractivity contribution in [2.24, 2.45) is 0 Å². The molecule has 0 aliphatic carbocycles. The quantitative estimate of drug-likeness (QED) is 0.636. The van der Waals surface area contributed by atoms with E-state index >= 15 is 0 Å². The zero-order chi connectivity index (χ0) is 12.1. The van der Waals surface area contributed by atoms with Crippen molar-refractivity contribution in [1.29, 1.82) is 0 Å². The monoisotopic (exact) mass is 229 g/mol. The summed E-state index contributed by atoms with van der Waals surface area (Å²) in [5.41, 5.74) is 2.04. The molecule has 0 spiro atoms. The summed E-state index contributed by atoms with van der Waals surface area (Å²) >= 11 is 0. The van der Waals surface area contributed by atoms with Gasteiger partial charge in [-0.25, -0.2) is 0 Å². The average molecular weight is 229 g/mol. The van der Waals surface area contributed by atoms with Crippen LogP contribution in [0.3, 0.4) is 0 Å². The Hall–Kier alpha value is -1.95. The van der Waals surface area contributed by atoms with Gasteiger partial charge in [-0.2, -0.15) is 0 Å². The van der Waals surface area contributed by atoms with E-state index in [1.165, 1.54) is 5.56 Å². The lowest BCUT2D eigenvalue weighted by Crippen LogP contribution is -2.18. The number of anilines is 1. The number of rotatable bonds is 4. The largest absolute Gasteiger partial charge is 0.493 e. The Kier molecular flexibility index (Phi) is 3.66. The van der Waals surface area contributed by atoms with Gasteiger partial charge in [-0.05, 0) is 24.5 Å². The van der Waals surface area contributed by atoms with E-state index < -0.39 is 0 Å². The fraction of sp³-hybridized carbons (Fsp3) is 0.357. The third-order valence-electron chi connectivity index (χ3n) is 2.71. The Balaban J connectivity index is 1.98. The Morgan fingerprint density at radius 1 is 1.41 bits per heavy atom. The van der Waals surface area contributed by atoms with Crippen LogP contribution >= 0.6 is 0 Å². The highest BCUT2D eigenvalue weighted by Crippen LogP contribution is 2.27. The van der Waals surface area contributed by atoms with Gasteiger partial charge in [0.1, 0.15) is 5.75 Å². The van der Waals surface area contributed by atoms with Crippen molar-refractivity contribution in [2.75, 3.05) is 11.9 Å². The smallest absolute Gasteiger partial charge is 0.224 e. The second-order valence-corrected chi connectivity index (χ2v) is 4.02. The van der Waals surface area contributed by atoms with Crippen molar-refractivity contribution in [1.82, 2.24) is 0 Å². The minimum absolute atomic E-state index is 0.0713. The molecule has 0 unspecified atom stereocenters. The van der Waals surface area contributed by atoms with Crippen molar-refractivity contribution in [2.45, 2.75) is 25.7 Å². The normalized spacial score (nSPS) is 13.5. The fourth-order valence-corrected chi connectivity index (χ4v) is 1.80. The van der Waals surface area contributed by atoms with Gasteiger partial charge in [0.25, 0.3) is 0 Å². The second-order valence-electron chi connectivity index (χ2n) is 4.02. The van der Waals surface area contributed by atoms with Gasteiger partial charge in [0.2, 0.25) is 5.91 Å². The minimum atomic E-state index is 0.0713. The first-order chi connectivity index (χ1) is 8.29. The van der Waals surface area contributed by atoms with Gasteiger partial charge in [-0.3, -0.25) is 4.79 Å². The highest BCUT2D eigenvalue weighted by molar-refractivity contribution is 5.94. The van der Waals surface area contributed by atoms with E-state index in [-0.39, 0.29) is 5.91 Å². The predicted octanol–water partition coefficient (Wildman–Crippen LogP) is 2.36. The zero-order valence-electron chi connectivity index (χ0n) is 9.66. The fourth-order valence-electron chi connectivity index (χ4n) is 1.80. The first kappa shape index (κ1) is 11.5. The third-order valence-corrected chi connectivity index (χ3v) is 2.71. The molecule has 2 rings (SSSR count). The number of carbonyl (C=O) groups is 1. The first-order valence-electron chi connectivity index (χ1n) is 5.78. The van der Waals surface area contributed by atoms with Crippen LogP contribution < -0.4 is 10.1 Å². The lowest BCUT2D eigenvalue weighted by Gasteiger charge is -2.17. The molecule has 0 saturated carbocycles. The van der Waals surface area contributed by atoms with Gasteiger partial charge in [0, 0.05) is 24.6 Å². The molecule has 1 N–H and O–H groups in total. The number of nitrogens with one attached hydrogen (secondary N) is 1. The Morgan fingerprint density at radius 2 is 2.29 bits per heavy atom. The van der Waals surface area contributed by atoms with Crippen LogP contribution in [0.5, 0.6) is 5.75 Å². The van der Waals surface area contributed by atoms with Crippen molar-refractivity contribution in [3.63, 3.8) is 0 Å². The molecule has 1 aromatic carbocycles. The van der Waals surface area contributed by atoms with Crippen LogP contribution in [0, 0.1) is 12.3 Å². The van der Waals surface area contributed by atoms with E-state index in [4.69, 9.17) is 11.2 Å². The molecule has 1 aromatic rings. The second kappa shape index (κ2) is 5.40. The summed E-state index contributed by atoms with van der Waals surface area (Å²) in [7, 11) is 0. The van der Waals surface area contributed by atoms with Gasteiger partial charge >= 0.3 is 0 Å². The maximum absolute atomic E-state index is 11.3. The third kappa shape index (κ3) is 3.01. The highest BCUT2D eigenvalue weighted by atomic mass is 16.5. The minimum Gasteiger partial charge on any atom is -0.493 e. The van der Waals surface area contributed by atoms with E-state index in [2.05, 4.69) is 11.2 Å². The van der Waals surface area contributed by atoms with Gasteiger partial charge < -0.3 is 10.1 Å². The Labute approximate surface area is 101 Å². The molecule has 0 radical (unpaired) electrons. The summed E-state index contributed by atoms with van der Waals surface area (Å²) in [6, 6.07) is 5.82. The van der Waals surface area contributed by atoms with Crippen molar-refractivity contribution in [3.8, 4) is 18.1 Å². The number of amides is 1. The van der Waals surface area contributed by atoms with Crippen LogP contribution in [0.15, 0.2) is 18.2 Å². The number of unbranched alkanes of at least 4 members (excludes halogenated alkanes) is 1. The number of terminal acetylenes is 1. The van der Waals surface area contributed by atoms with Gasteiger partial charge in [0.05, 0.1) is 6.61 Å². The van der Waals surface area contributed by atoms with Crippen LogP contribution in [-0.2, 0) is 11.2 Å². The predicted molar refractivity (Wildman–Crippen MR) is 67.0 cm³/mol. The SMILES string of the molecule is C#CCCCOc1ccc2c(c1)NC(=O)CC2. The van der Waals surface area contributed by atoms with Crippen LogP contribution in [0.2, 0.25) is 0 Å². The lowest BCUT2D eigenvalue weighted by molar-refractivity contribution is -0.116. The van der Waals surface area contributed by atoms with Gasteiger partial charge in [0.15, 0.2) is 0 Å². The molecule has 88 valence electrons. The zero-order valence-corrected chi connectivity index (χ0v) is 9.66. The van der Waals surface area contributed by atoms with E-state index in [1.54, 1.807) is 0 Å². The summed E-state index contributed by atoms with van der Waals surface area (Å²) in [5.74, 6) is 3.42. The summed E-state index contributed by atoms with van der Waals surface area (Å²) in [6.07, 6.45) is 8.10. The Morgan fingerprint density at radius 3 is 3.12 bits per heavy atom. The topological polar surface area (TPSA) is 38.3 Å². The van der Waals surface area contributed by atoms with E-state index in [1.807, 2.05) is 18.2 Å². The van der Waals surface area contributed by atoms with Crippen LogP contribution in [-0.4, -0.2) is 12.5 Å². The number of hydrogen-bond donors (Lipinski definition) is 1. The van der Waals surface area contributed by atoms with Gasteiger partial charge in [-0.1, -0.05) is 6.07 Å². The number of hydrogen-bond acceptors (Lipinski definition) is 2.